The van der Waals surface area contributed by atoms with Gasteiger partial charge in [-0.05, 0) is 55.1 Å². The van der Waals surface area contributed by atoms with Gasteiger partial charge in [0.05, 0.1) is 0 Å². The molecular formula is C18H20FNOS. The van der Waals surface area contributed by atoms with Gasteiger partial charge in [-0.25, -0.2) is 4.39 Å². The Kier molecular flexibility index (Phi) is 6.01. The molecule has 0 saturated heterocycles. The standard InChI is InChI=1S/C18H20FNOS/c1-14(21)11-12-20(13-15-3-5-16(19)6-4-15)17-7-9-18(22-2)10-8-17/h3-10H,11-13H2,1-2H3. The Morgan fingerprint density at radius 2 is 1.73 bits per heavy atom. The summed E-state index contributed by atoms with van der Waals surface area (Å²) in [5.41, 5.74) is 2.10. The number of nitrogens with zero attached hydrogens (tertiary/aromatic N) is 1. The van der Waals surface area contributed by atoms with E-state index >= 15 is 0 Å². The molecule has 0 aliphatic heterocycles. The second kappa shape index (κ2) is 7.99. The summed E-state index contributed by atoms with van der Waals surface area (Å²) in [6.07, 6.45) is 2.55. The molecule has 0 heterocycles. The molecule has 0 saturated carbocycles. The van der Waals surface area contributed by atoms with Crippen molar-refractivity contribution in [2.75, 3.05) is 17.7 Å². The smallest absolute Gasteiger partial charge is 0.131 e. The zero-order valence-electron chi connectivity index (χ0n) is 12.9. The van der Waals surface area contributed by atoms with Gasteiger partial charge in [-0.2, -0.15) is 0 Å². The van der Waals surface area contributed by atoms with Crippen molar-refractivity contribution >= 4 is 23.2 Å². The normalized spacial score (nSPS) is 10.5. The van der Waals surface area contributed by atoms with Crippen LogP contribution in [-0.4, -0.2) is 18.6 Å². The highest BCUT2D eigenvalue weighted by Gasteiger charge is 2.09. The Labute approximate surface area is 135 Å². The lowest BCUT2D eigenvalue weighted by molar-refractivity contribution is -0.116. The van der Waals surface area contributed by atoms with Gasteiger partial charge in [-0.1, -0.05) is 12.1 Å². The molecule has 0 unspecified atom stereocenters. The third-order valence-corrected chi connectivity index (χ3v) is 4.20. The van der Waals surface area contributed by atoms with E-state index in [4.69, 9.17) is 0 Å². The quantitative estimate of drug-likeness (QED) is 0.700. The molecule has 0 atom stereocenters. The molecule has 116 valence electrons. The van der Waals surface area contributed by atoms with E-state index in [-0.39, 0.29) is 11.6 Å². The van der Waals surface area contributed by atoms with Gasteiger partial charge in [0.25, 0.3) is 0 Å². The number of carbonyl (C=O) groups excluding carboxylic acids is 1. The largest absolute Gasteiger partial charge is 0.367 e. The van der Waals surface area contributed by atoms with Crippen molar-refractivity contribution in [3.05, 3.63) is 59.9 Å². The number of carbonyl (C=O) groups is 1. The Morgan fingerprint density at radius 1 is 1.09 bits per heavy atom. The van der Waals surface area contributed by atoms with E-state index in [9.17, 15) is 9.18 Å². The van der Waals surface area contributed by atoms with Crippen LogP contribution in [0.1, 0.15) is 18.9 Å². The predicted octanol–water partition coefficient (Wildman–Crippen LogP) is 4.53. The maximum atomic E-state index is 13.0. The van der Waals surface area contributed by atoms with Crippen molar-refractivity contribution in [1.82, 2.24) is 0 Å². The van der Waals surface area contributed by atoms with E-state index < -0.39 is 0 Å². The minimum atomic E-state index is -0.233. The van der Waals surface area contributed by atoms with Crippen LogP contribution in [0.2, 0.25) is 0 Å². The Bertz CT molecular complexity index is 610. The molecule has 2 aromatic carbocycles. The lowest BCUT2D eigenvalue weighted by atomic mass is 10.1. The van der Waals surface area contributed by atoms with Crippen molar-refractivity contribution in [2.45, 2.75) is 24.8 Å². The van der Waals surface area contributed by atoms with Crippen LogP contribution in [0.25, 0.3) is 0 Å². The van der Waals surface area contributed by atoms with Crippen molar-refractivity contribution in [3.8, 4) is 0 Å². The second-order valence-electron chi connectivity index (χ2n) is 5.20. The number of hydrogen-bond donors (Lipinski definition) is 0. The maximum Gasteiger partial charge on any atom is 0.131 e. The van der Waals surface area contributed by atoms with Gasteiger partial charge in [-0.15, -0.1) is 11.8 Å². The van der Waals surface area contributed by atoms with Gasteiger partial charge in [0.15, 0.2) is 0 Å². The van der Waals surface area contributed by atoms with Crippen molar-refractivity contribution in [3.63, 3.8) is 0 Å². The van der Waals surface area contributed by atoms with E-state index in [2.05, 4.69) is 29.2 Å². The van der Waals surface area contributed by atoms with Gasteiger partial charge in [0.2, 0.25) is 0 Å². The summed E-state index contributed by atoms with van der Waals surface area (Å²) >= 11 is 1.70. The van der Waals surface area contributed by atoms with Crippen molar-refractivity contribution in [2.24, 2.45) is 0 Å². The van der Waals surface area contributed by atoms with E-state index in [1.54, 1.807) is 30.8 Å². The van der Waals surface area contributed by atoms with Crippen LogP contribution in [0, 0.1) is 5.82 Å². The average Bonchev–Trinajstić information content (AvgIpc) is 2.53. The van der Waals surface area contributed by atoms with Crippen LogP contribution < -0.4 is 4.90 Å². The van der Waals surface area contributed by atoms with Crippen LogP contribution in [0.3, 0.4) is 0 Å². The lowest BCUT2D eigenvalue weighted by Gasteiger charge is -2.25. The van der Waals surface area contributed by atoms with Gasteiger partial charge in [0, 0.05) is 30.1 Å². The molecule has 2 rings (SSSR count). The molecule has 0 spiro atoms. The molecular weight excluding hydrogens is 297 g/mol. The predicted molar refractivity (Wildman–Crippen MR) is 91.0 cm³/mol. The Balaban J connectivity index is 2.16. The van der Waals surface area contributed by atoms with Crippen LogP contribution in [0.15, 0.2) is 53.4 Å². The SMILES string of the molecule is CSc1ccc(N(CCC(C)=O)Cc2ccc(F)cc2)cc1. The van der Waals surface area contributed by atoms with Crippen LogP contribution in [0.4, 0.5) is 10.1 Å². The Morgan fingerprint density at radius 3 is 2.27 bits per heavy atom. The van der Waals surface area contributed by atoms with Crippen LogP contribution in [-0.2, 0) is 11.3 Å². The van der Waals surface area contributed by atoms with Gasteiger partial charge in [-0.3, -0.25) is 4.79 Å². The molecule has 0 N–H and O–H groups in total. The fraction of sp³-hybridized carbons (Fsp3) is 0.278. The van der Waals surface area contributed by atoms with E-state index in [0.717, 1.165) is 11.3 Å². The van der Waals surface area contributed by atoms with Crippen molar-refractivity contribution < 1.29 is 9.18 Å². The first-order chi connectivity index (χ1) is 10.6. The minimum Gasteiger partial charge on any atom is -0.367 e. The van der Waals surface area contributed by atoms with E-state index in [1.165, 1.54) is 17.0 Å². The summed E-state index contributed by atoms with van der Waals surface area (Å²) in [4.78, 5) is 14.7. The third-order valence-electron chi connectivity index (χ3n) is 3.46. The van der Waals surface area contributed by atoms with Gasteiger partial charge < -0.3 is 4.90 Å². The summed E-state index contributed by atoms with van der Waals surface area (Å²) in [5, 5.41) is 0. The number of halogens is 1. The number of benzene rings is 2. The van der Waals surface area contributed by atoms with Crippen molar-refractivity contribution in [1.29, 1.82) is 0 Å². The highest BCUT2D eigenvalue weighted by atomic mass is 32.2. The van der Waals surface area contributed by atoms with E-state index in [1.807, 2.05) is 6.26 Å². The molecule has 2 nitrogen and oxygen atoms in total. The van der Waals surface area contributed by atoms with Gasteiger partial charge >= 0.3 is 0 Å². The first-order valence-corrected chi connectivity index (χ1v) is 8.44. The highest BCUT2D eigenvalue weighted by Crippen LogP contribution is 2.22. The first-order valence-electron chi connectivity index (χ1n) is 7.21. The molecule has 0 aliphatic carbocycles. The summed E-state index contributed by atoms with van der Waals surface area (Å²) in [6, 6.07) is 14.8. The summed E-state index contributed by atoms with van der Waals surface area (Å²) in [7, 11) is 0. The maximum absolute atomic E-state index is 13.0. The first kappa shape index (κ1) is 16.6. The Hall–Kier alpha value is -1.81. The molecule has 0 bridgehead atoms. The molecule has 0 fully saturated rings. The van der Waals surface area contributed by atoms with Crippen LogP contribution in [0.5, 0.6) is 0 Å². The highest BCUT2D eigenvalue weighted by molar-refractivity contribution is 7.98. The zero-order chi connectivity index (χ0) is 15.9. The number of rotatable bonds is 7. The molecule has 0 aromatic heterocycles. The topological polar surface area (TPSA) is 20.3 Å². The molecule has 0 amide bonds. The summed E-state index contributed by atoms with van der Waals surface area (Å²) in [6.45, 7) is 2.92. The minimum absolute atomic E-state index is 0.171. The number of ketones is 1. The number of thioether (sulfide) groups is 1. The van der Waals surface area contributed by atoms with Gasteiger partial charge in [0.1, 0.15) is 11.6 Å². The number of anilines is 1. The molecule has 0 aliphatic rings. The summed E-state index contributed by atoms with van der Waals surface area (Å²) < 4.78 is 13.0. The average molecular weight is 317 g/mol. The zero-order valence-corrected chi connectivity index (χ0v) is 13.7. The third kappa shape index (κ3) is 4.88. The van der Waals surface area contributed by atoms with Crippen LogP contribution >= 0.6 is 11.8 Å². The molecule has 0 radical (unpaired) electrons. The fourth-order valence-corrected chi connectivity index (χ4v) is 2.60. The molecule has 2 aromatic rings. The fourth-order valence-electron chi connectivity index (χ4n) is 2.20. The summed E-state index contributed by atoms with van der Waals surface area (Å²) in [5.74, 6) is -0.0619. The number of hydrogen-bond acceptors (Lipinski definition) is 3. The monoisotopic (exact) mass is 317 g/mol. The second-order valence-corrected chi connectivity index (χ2v) is 6.08. The molecule has 4 heteroatoms. The number of Topliss-reactive ketones (excluding diaryl/α,β-unsaturated/α-hetero) is 1. The molecule has 22 heavy (non-hydrogen) atoms. The van der Waals surface area contributed by atoms with E-state index in [0.29, 0.717) is 19.5 Å². The lowest BCUT2D eigenvalue weighted by Crippen LogP contribution is -2.25.